The minimum absolute atomic E-state index is 0.0200. The molecule has 0 saturated carbocycles. The molecule has 6 nitrogen and oxygen atoms in total. The molecule has 30 heavy (non-hydrogen) atoms. The van der Waals surface area contributed by atoms with Gasteiger partial charge in [-0.25, -0.2) is 8.42 Å². The topological polar surface area (TPSA) is 84.5 Å². The van der Waals surface area contributed by atoms with Crippen molar-refractivity contribution < 1.29 is 17.9 Å². The lowest BCUT2D eigenvalue weighted by molar-refractivity contribution is 0.0926. The van der Waals surface area contributed by atoms with Crippen molar-refractivity contribution in [3.63, 3.8) is 0 Å². The lowest BCUT2D eigenvalue weighted by atomic mass is 10.2. The van der Waals surface area contributed by atoms with Gasteiger partial charge in [-0.2, -0.15) is 0 Å². The molecule has 0 unspecified atom stereocenters. The molecule has 0 radical (unpaired) electrons. The predicted molar refractivity (Wildman–Crippen MR) is 117 cm³/mol. The van der Waals surface area contributed by atoms with E-state index in [0.717, 1.165) is 5.56 Å². The molecule has 3 rings (SSSR count). The van der Waals surface area contributed by atoms with Gasteiger partial charge in [0.1, 0.15) is 12.4 Å². The van der Waals surface area contributed by atoms with E-state index in [1.54, 1.807) is 24.3 Å². The quantitative estimate of drug-likeness (QED) is 0.573. The summed E-state index contributed by atoms with van der Waals surface area (Å²) in [6, 6.07) is 22.1. The minimum atomic E-state index is -3.82. The van der Waals surface area contributed by atoms with Crippen LogP contribution in [0.5, 0.6) is 5.75 Å². The number of hydrogen-bond donors (Lipinski definition) is 2. The molecule has 3 aromatic rings. The first-order valence-corrected chi connectivity index (χ1v) is 11.0. The van der Waals surface area contributed by atoms with E-state index in [4.69, 9.17) is 4.74 Å². The highest BCUT2D eigenvalue weighted by Crippen LogP contribution is 2.20. The maximum absolute atomic E-state index is 12.7. The van der Waals surface area contributed by atoms with Crippen molar-refractivity contribution in [1.82, 2.24) is 5.32 Å². The third-order valence-corrected chi connectivity index (χ3v) is 5.78. The zero-order chi connectivity index (χ0) is 21.6. The van der Waals surface area contributed by atoms with E-state index in [-0.39, 0.29) is 22.4 Å². The monoisotopic (exact) mass is 424 g/mol. The summed E-state index contributed by atoms with van der Waals surface area (Å²) in [6.45, 7) is 3.93. The van der Waals surface area contributed by atoms with Crippen LogP contribution in [0.2, 0.25) is 0 Å². The third kappa shape index (κ3) is 5.61. The molecule has 3 aromatic carbocycles. The average Bonchev–Trinajstić information content (AvgIpc) is 2.74. The number of carbonyl (C=O) groups excluding carboxylic acids is 1. The number of benzene rings is 3. The predicted octanol–water partition coefficient (Wildman–Crippen LogP) is 3.99. The van der Waals surface area contributed by atoms with Crippen LogP contribution in [0.3, 0.4) is 0 Å². The lowest BCUT2D eigenvalue weighted by Crippen LogP contribution is -2.36. The Bertz CT molecular complexity index is 1110. The molecule has 0 aliphatic heterocycles. The fourth-order valence-electron chi connectivity index (χ4n) is 2.78. The van der Waals surface area contributed by atoms with Crippen LogP contribution in [0.15, 0.2) is 83.8 Å². The second kappa shape index (κ2) is 9.45. The number of amides is 1. The lowest BCUT2D eigenvalue weighted by Gasteiger charge is -2.16. The van der Waals surface area contributed by atoms with Gasteiger partial charge in [-0.15, -0.1) is 0 Å². The second-order valence-corrected chi connectivity index (χ2v) is 8.63. The molecule has 0 saturated heterocycles. The fourth-order valence-corrected chi connectivity index (χ4v) is 3.96. The number of carbonyl (C=O) groups is 1. The highest BCUT2D eigenvalue weighted by atomic mass is 32.2. The summed E-state index contributed by atoms with van der Waals surface area (Å²) in [4.78, 5) is 12.6. The summed E-state index contributed by atoms with van der Waals surface area (Å²) in [6.07, 6.45) is 0. The molecule has 0 aliphatic carbocycles. The Hall–Kier alpha value is -3.32. The molecule has 156 valence electrons. The van der Waals surface area contributed by atoms with Crippen LogP contribution in [-0.4, -0.2) is 27.0 Å². The van der Waals surface area contributed by atoms with Gasteiger partial charge in [0.05, 0.1) is 16.6 Å². The van der Waals surface area contributed by atoms with E-state index < -0.39 is 10.0 Å². The summed E-state index contributed by atoms with van der Waals surface area (Å²) in [7, 11) is -3.82. The molecule has 0 aromatic heterocycles. The number of rotatable bonds is 8. The van der Waals surface area contributed by atoms with Gasteiger partial charge in [-0.3, -0.25) is 9.52 Å². The molecular formula is C23H24N2O4S. The fraction of sp³-hybridized carbons (Fsp3) is 0.174. The first kappa shape index (κ1) is 21.4. The molecule has 0 bridgehead atoms. The van der Waals surface area contributed by atoms with Gasteiger partial charge in [-0.05, 0) is 55.8 Å². The van der Waals surface area contributed by atoms with Gasteiger partial charge in [-0.1, -0.05) is 42.5 Å². The van der Waals surface area contributed by atoms with E-state index >= 15 is 0 Å². The van der Waals surface area contributed by atoms with E-state index in [0.29, 0.717) is 18.0 Å². The number of sulfonamides is 1. The van der Waals surface area contributed by atoms with Crippen LogP contribution in [-0.2, 0) is 10.0 Å². The highest BCUT2D eigenvalue weighted by molar-refractivity contribution is 7.92. The zero-order valence-electron chi connectivity index (χ0n) is 16.8. The smallest absolute Gasteiger partial charge is 0.261 e. The van der Waals surface area contributed by atoms with Crippen molar-refractivity contribution in [3.05, 3.63) is 90.0 Å². The van der Waals surface area contributed by atoms with E-state index in [9.17, 15) is 13.2 Å². The summed E-state index contributed by atoms with van der Waals surface area (Å²) in [5, 5.41) is 2.82. The van der Waals surface area contributed by atoms with E-state index in [1.807, 2.05) is 56.3 Å². The Morgan fingerprint density at radius 1 is 0.967 bits per heavy atom. The van der Waals surface area contributed by atoms with E-state index in [2.05, 4.69) is 10.0 Å². The maximum Gasteiger partial charge on any atom is 0.261 e. The molecule has 2 N–H and O–H groups in total. The normalized spacial score (nSPS) is 12.1. The molecule has 1 amide bonds. The van der Waals surface area contributed by atoms with Gasteiger partial charge in [0, 0.05) is 5.56 Å². The van der Waals surface area contributed by atoms with Gasteiger partial charge in [0.25, 0.3) is 15.9 Å². The number of hydrogen-bond acceptors (Lipinski definition) is 4. The van der Waals surface area contributed by atoms with Gasteiger partial charge < -0.3 is 10.1 Å². The molecule has 7 heteroatoms. The van der Waals surface area contributed by atoms with Gasteiger partial charge in [0.2, 0.25) is 0 Å². The summed E-state index contributed by atoms with van der Waals surface area (Å²) < 4.78 is 33.7. The highest BCUT2D eigenvalue weighted by Gasteiger charge is 2.18. The zero-order valence-corrected chi connectivity index (χ0v) is 17.6. The van der Waals surface area contributed by atoms with Crippen LogP contribution in [0.25, 0.3) is 0 Å². The number of aryl methyl sites for hydroxylation is 1. The molecule has 0 heterocycles. The van der Waals surface area contributed by atoms with Crippen LogP contribution in [0.1, 0.15) is 22.8 Å². The number of nitrogens with one attached hydrogen (secondary N) is 2. The Balaban J connectivity index is 1.66. The Kier molecular flexibility index (Phi) is 6.74. The summed E-state index contributed by atoms with van der Waals surface area (Å²) in [5.74, 6) is 0.348. The van der Waals surface area contributed by atoms with E-state index in [1.165, 1.54) is 12.1 Å². The van der Waals surface area contributed by atoms with Crippen molar-refractivity contribution >= 4 is 21.6 Å². The largest absolute Gasteiger partial charge is 0.491 e. The first-order chi connectivity index (χ1) is 14.3. The average molecular weight is 425 g/mol. The molecule has 1 atom stereocenters. The summed E-state index contributed by atoms with van der Waals surface area (Å²) in [5.41, 5.74) is 1.57. The van der Waals surface area contributed by atoms with Gasteiger partial charge in [0.15, 0.2) is 0 Å². The maximum atomic E-state index is 12.7. The Morgan fingerprint density at radius 2 is 1.67 bits per heavy atom. The SMILES string of the molecule is Cc1ccccc1NS(=O)(=O)c1cccc(C(=O)N[C@@H](C)COc2ccccc2)c1. The standard InChI is InChI=1S/C23H24N2O4S/c1-17-9-6-7-14-22(17)25-30(27,28)21-13-8-10-19(15-21)23(26)24-18(2)16-29-20-11-4-3-5-12-20/h3-15,18,25H,16H2,1-2H3,(H,24,26)/t18-/m0/s1. The second-order valence-electron chi connectivity index (χ2n) is 6.95. The van der Waals surface area contributed by atoms with Crippen molar-refractivity contribution in [2.75, 3.05) is 11.3 Å². The summed E-state index contributed by atoms with van der Waals surface area (Å²) >= 11 is 0. The van der Waals surface area contributed by atoms with Crippen LogP contribution in [0, 0.1) is 6.92 Å². The molecule has 0 spiro atoms. The van der Waals surface area contributed by atoms with Crippen LogP contribution in [0.4, 0.5) is 5.69 Å². The van der Waals surface area contributed by atoms with Crippen molar-refractivity contribution in [2.45, 2.75) is 24.8 Å². The Labute approximate surface area is 177 Å². The van der Waals surface area contributed by atoms with Crippen molar-refractivity contribution in [1.29, 1.82) is 0 Å². The molecule has 0 aliphatic rings. The van der Waals surface area contributed by atoms with Crippen molar-refractivity contribution in [3.8, 4) is 5.75 Å². The number of ether oxygens (including phenoxy) is 1. The van der Waals surface area contributed by atoms with Crippen LogP contribution >= 0.6 is 0 Å². The minimum Gasteiger partial charge on any atom is -0.491 e. The molecular weight excluding hydrogens is 400 g/mol. The first-order valence-electron chi connectivity index (χ1n) is 9.52. The van der Waals surface area contributed by atoms with Gasteiger partial charge >= 0.3 is 0 Å². The Morgan fingerprint density at radius 3 is 2.40 bits per heavy atom. The van der Waals surface area contributed by atoms with Crippen molar-refractivity contribution in [2.24, 2.45) is 0 Å². The number of anilines is 1. The third-order valence-electron chi connectivity index (χ3n) is 4.42. The van der Waals surface area contributed by atoms with Crippen LogP contribution < -0.4 is 14.8 Å². The number of para-hydroxylation sites is 2. The molecule has 0 fully saturated rings.